The number of rotatable bonds is 7. The summed E-state index contributed by atoms with van der Waals surface area (Å²) < 4.78 is 6.41. The van der Waals surface area contributed by atoms with Crippen molar-refractivity contribution < 1.29 is 10.2 Å². The lowest BCUT2D eigenvalue weighted by molar-refractivity contribution is 0.466. The molecule has 0 saturated carbocycles. The third-order valence-corrected chi connectivity index (χ3v) is 12.9. The minimum absolute atomic E-state index is 0.149. The Hall–Kier alpha value is -1.16. The van der Waals surface area contributed by atoms with E-state index in [1.54, 1.807) is 0 Å². The quantitative estimate of drug-likeness (QED) is 0.124. The molecule has 2 N–H and O–H groups in total. The van der Waals surface area contributed by atoms with Gasteiger partial charge in [0.05, 0.1) is 14.3 Å². The van der Waals surface area contributed by atoms with E-state index in [0.717, 1.165) is 40.0 Å². The van der Waals surface area contributed by atoms with E-state index in [4.69, 9.17) is 0 Å². The minimum atomic E-state index is -0.149. The normalized spacial score (nSPS) is 11.5. The Morgan fingerprint density at radius 2 is 0.805 bits per heavy atom. The van der Waals surface area contributed by atoms with Crippen LogP contribution in [0.2, 0.25) is 0 Å². The maximum Gasteiger partial charge on any atom is 0.187 e. The predicted molar refractivity (Wildman–Crippen MR) is 207 cm³/mol. The number of thiophene rings is 1. The average Bonchev–Trinajstić information content (AvgIpc) is 3.31. The summed E-state index contributed by atoms with van der Waals surface area (Å²) in [7, 11) is -0.149. The molecule has 0 radical (unpaired) electrons. The first-order valence-corrected chi connectivity index (χ1v) is 18.7. The van der Waals surface area contributed by atoms with Crippen LogP contribution in [-0.2, 0) is 25.7 Å². The van der Waals surface area contributed by atoms with Gasteiger partial charge in [0, 0.05) is 33.4 Å². The lowest BCUT2D eigenvalue weighted by Gasteiger charge is -2.10. The standard InChI is InChI=1S/C34H24I4O2S/c35-27-16-22(17-28(36)33(27)39)11-9-20-13-21(10-12-23-18-29(37)34(40)30(38)19-23)15-24(14-20)41-31-7-3-1-5-25(31)26-6-2-4-8-32(26)41/h1-8,13-19H,9-12H2,(H-,39,40)/p+1. The van der Waals surface area contributed by atoms with Gasteiger partial charge in [0.15, 0.2) is 14.3 Å². The van der Waals surface area contributed by atoms with Crippen molar-refractivity contribution in [1.82, 2.24) is 0 Å². The van der Waals surface area contributed by atoms with Crippen LogP contribution in [0.1, 0.15) is 22.3 Å². The van der Waals surface area contributed by atoms with Gasteiger partial charge in [-0.05, 0) is 187 Å². The summed E-state index contributed by atoms with van der Waals surface area (Å²) in [5.74, 6) is 0.745. The largest absolute Gasteiger partial charge is 0.506 e. The van der Waals surface area contributed by atoms with E-state index in [1.807, 2.05) is 0 Å². The summed E-state index contributed by atoms with van der Waals surface area (Å²) in [6.07, 6.45) is 3.72. The molecule has 6 aromatic rings. The monoisotopic (exact) mass is 1000 g/mol. The number of halogens is 4. The molecule has 206 valence electrons. The minimum Gasteiger partial charge on any atom is -0.506 e. The second kappa shape index (κ2) is 12.8. The van der Waals surface area contributed by atoms with Gasteiger partial charge >= 0.3 is 0 Å². The summed E-state index contributed by atoms with van der Waals surface area (Å²) in [6, 6.07) is 33.4. The number of hydrogen-bond acceptors (Lipinski definition) is 2. The molecule has 0 bridgehead atoms. The van der Waals surface area contributed by atoms with Gasteiger partial charge in [-0.3, -0.25) is 0 Å². The molecule has 0 fully saturated rings. The van der Waals surface area contributed by atoms with Crippen molar-refractivity contribution in [1.29, 1.82) is 0 Å². The fraction of sp³-hybridized carbons (Fsp3) is 0.118. The third kappa shape index (κ3) is 6.39. The second-order valence-electron chi connectivity index (χ2n) is 10.1. The zero-order chi connectivity index (χ0) is 28.7. The van der Waals surface area contributed by atoms with Crippen LogP contribution >= 0.6 is 101 Å². The molecule has 0 unspecified atom stereocenters. The molecule has 0 aliphatic carbocycles. The Kier molecular flexibility index (Phi) is 9.35. The fourth-order valence-corrected chi connectivity index (χ4v) is 11.6. The van der Waals surface area contributed by atoms with Gasteiger partial charge in [0.1, 0.15) is 11.5 Å². The zero-order valence-electron chi connectivity index (χ0n) is 21.8. The van der Waals surface area contributed by atoms with Crippen LogP contribution < -0.4 is 0 Å². The lowest BCUT2D eigenvalue weighted by Crippen LogP contribution is -1.98. The van der Waals surface area contributed by atoms with Crippen molar-refractivity contribution in [3.63, 3.8) is 0 Å². The highest BCUT2D eigenvalue weighted by Crippen LogP contribution is 2.48. The molecular weight excluding hydrogens is 980 g/mol. The molecule has 6 rings (SSSR count). The summed E-state index contributed by atoms with van der Waals surface area (Å²) in [6.45, 7) is 0. The summed E-state index contributed by atoms with van der Waals surface area (Å²) in [5.41, 5.74) is 5.19. The molecule has 1 heterocycles. The van der Waals surface area contributed by atoms with Crippen LogP contribution in [0.15, 0.2) is 91.0 Å². The van der Waals surface area contributed by atoms with Gasteiger partial charge in [-0.1, -0.05) is 30.3 Å². The van der Waals surface area contributed by atoms with Crippen molar-refractivity contribution in [2.75, 3.05) is 0 Å². The Balaban J connectivity index is 1.42. The van der Waals surface area contributed by atoms with Crippen molar-refractivity contribution in [2.45, 2.75) is 25.7 Å². The predicted octanol–water partition coefficient (Wildman–Crippen LogP) is 11.1. The second-order valence-corrected chi connectivity index (χ2v) is 16.7. The van der Waals surface area contributed by atoms with Crippen LogP contribution in [0.4, 0.5) is 0 Å². The van der Waals surface area contributed by atoms with Crippen molar-refractivity contribution >= 4 is 121 Å². The van der Waals surface area contributed by atoms with E-state index < -0.39 is 0 Å². The first-order valence-electron chi connectivity index (χ1n) is 13.2. The highest BCUT2D eigenvalue weighted by atomic mass is 127. The van der Waals surface area contributed by atoms with Crippen molar-refractivity contribution in [3.05, 3.63) is 128 Å². The van der Waals surface area contributed by atoms with Gasteiger partial charge < -0.3 is 10.2 Å². The highest BCUT2D eigenvalue weighted by Gasteiger charge is 2.24. The molecule has 0 aliphatic rings. The number of benzene rings is 5. The van der Waals surface area contributed by atoms with Crippen LogP contribution in [0.3, 0.4) is 0 Å². The molecular formula is C34H25I4O2S+. The Bertz CT molecular complexity index is 1750. The number of phenolic OH excluding ortho intramolecular Hbond substituents is 2. The van der Waals surface area contributed by atoms with Gasteiger partial charge in [-0.2, -0.15) is 0 Å². The van der Waals surface area contributed by atoms with Gasteiger partial charge in [-0.15, -0.1) is 0 Å². The zero-order valence-corrected chi connectivity index (χ0v) is 31.2. The van der Waals surface area contributed by atoms with E-state index in [0.29, 0.717) is 11.5 Å². The number of aromatic hydroxyl groups is 2. The van der Waals surface area contributed by atoms with Gasteiger partial charge in [0.2, 0.25) is 0 Å². The van der Waals surface area contributed by atoms with Crippen LogP contribution in [-0.4, -0.2) is 10.2 Å². The molecule has 2 nitrogen and oxygen atoms in total. The third-order valence-electron chi connectivity index (χ3n) is 7.32. The van der Waals surface area contributed by atoms with Crippen LogP contribution in [0.25, 0.3) is 25.1 Å². The molecule has 0 atom stereocenters. The van der Waals surface area contributed by atoms with E-state index in [-0.39, 0.29) is 10.5 Å². The SMILES string of the molecule is Oc1c(I)cc(CCc2cc(CCc3cc(I)c(O)c(I)c3)cc(-[s+]3c4ccccc4c4ccccc43)c2)cc1I. The Morgan fingerprint density at radius 1 is 0.463 bits per heavy atom. The topological polar surface area (TPSA) is 40.5 Å². The van der Waals surface area contributed by atoms with Crippen LogP contribution in [0, 0.1) is 14.3 Å². The molecule has 7 heteroatoms. The van der Waals surface area contributed by atoms with E-state index >= 15 is 0 Å². The van der Waals surface area contributed by atoms with Crippen LogP contribution in [0.5, 0.6) is 11.5 Å². The van der Waals surface area contributed by atoms with Crippen molar-refractivity contribution in [3.8, 4) is 16.4 Å². The van der Waals surface area contributed by atoms with Crippen molar-refractivity contribution in [2.24, 2.45) is 0 Å². The smallest absolute Gasteiger partial charge is 0.187 e. The van der Waals surface area contributed by atoms with E-state index in [1.165, 1.54) is 47.3 Å². The first kappa shape index (κ1) is 29.9. The molecule has 0 aliphatic heterocycles. The van der Waals surface area contributed by atoms with E-state index in [2.05, 4.69) is 181 Å². The summed E-state index contributed by atoms with van der Waals surface area (Å²) in [5, 5.41) is 23.2. The number of aryl methyl sites for hydroxylation is 4. The average molecular weight is 1010 g/mol. The van der Waals surface area contributed by atoms with Gasteiger partial charge in [-0.25, -0.2) is 0 Å². The maximum absolute atomic E-state index is 10.2. The molecule has 1 aromatic heterocycles. The summed E-state index contributed by atoms with van der Waals surface area (Å²) in [4.78, 5) is 1.37. The van der Waals surface area contributed by atoms with Gasteiger partial charge in [0.25, 0.3) is 0 Å². The molecule has 41 heavy (non-hydrogen) atoms. The fourth-order valence-electron chi connectivity index (χ4n) is 5.34. The highest BCUT2D eigenvalue weighted by molar-refractivity contribution is 14.1. The molecule has 0 saturated heterocycles. The number of fused-ring (bicyclic) bond motifs is 3. The Labute approximate surface area is 297 Å². The van der Waals surface area contributed by atoms with E-state index in [9.17, 15) is 10.2 Å². The Morgan fingerprint density at radius 3 is 1.20 bits per heavy atom. The number of hydrogen-bond donors (Lipinski definition) is 2. The summed E-state index contributed by atoms with van der Waals surface area (Å²) >= 11 is 8.88. The first-order chi connectivity index (χ1) is 19.8. The molecule has 0 spiro atoms. The molecule has 0 amide bonds. The number of phenols is 2. The maximum atomic E-state index is 10.2. The molecule has 5 aromatic carbocycles. The lowest BCUT2D eigenvalue weighted by atomic mass is 9.99.